The van der Waals surface area contributed by atoms with Crippen molar-refractivity contribution in [2.24, 2.45) is 17.1 Å². The number of nitrogens with two attached hydrogens (primary N) is 1. The first-order valence-corrected chi connectivity index (χ1v) is 5.83. The molecule has 0 aromatic carbocycles. The van der Waals surface area contributed by atoms with Gasteiger partial charge in [0.25, 0.3) is 0 Å². The zero-order valence-electron chi connectivity index (χ0n) is 9.95. The predicted molar refractivity (Wildman–Crippen MR) is 65.7 cm³/mol. The van der Waals surface area contributed by atoms with Crippen LogP contribution in [0.25, 0.3) is 0 Å². The van der Waals surface area contributed by atoms with Gasteiger partial charge in [0.1, 0.15) is 0 Å². The molecule has 1 unspecified atom stereocenters. The predicted octanol–water partition coefficient (Wildman–Crippen LogP) is 1.08. The van der Waals surface area contributed by atoms with Crippen LogP contribution in [0.2, 0.25) is 0 Å². The third-order valence-electron chi connectivity index (χ3n) is 3.41. The van der Waals surface area contributed by atoms with Gasteiger partial charge in [0, 0.05) is 19.4 Å². The van der Waals surface area contributed by atoms with E-state index < -0.39 is 5.41 Å². The van der Waals surface area contributed by atoms with Gasteiger partial charge >= 0.3 is 0 Å². The number of thiocarbonyl (C=S) groups is 1. The van der Waals surface area contributed by atoms with E-state index in [0.717, 1.165) is 0 Å². The molecule has 90 valence electrons. The molecule has 1 saturated heterocycles. The summed E-state index contributed by atoms with van der Waals surface area (Å²) in [6.45, 7) is 6.08. The van der Waals surface area contributed by atoms with Gasteiger partial charge in [-0.25, -0.2) is 0 Å². The van der Waals surface area contributed by atoms with E-state index >= 15 is 0 Å². The first-order chi connectivity index (χ1) is 7.29. The maximum Gasteiger partial charge on any atom is 0.235 e. The van der Waals surface area contributed by atoms with E-state index in [1.807, 2.05) is 20.8 Å². The molecule has 0 aliphatic carbocycles. The van der Waals surface area contributed by atoms with E-state index in [-0.39, 0.29) is 17.7 Å². The van der Waals surface area contributed by atoms with Gasteiger partial charge in [0.15, 0.2) is 0 Å². The van der Waals surface area contributed by atoms with E-state index in [2.05, 4.69) is 0 Å². The molecule has 1 aliphatic heterocycles. The van der Waals surface area contributed by atoms with Crippen LogP contribution in [-0.2, 0) is 9.59 Å². The fraction of sp³-hybridized carbons (Fsp3) is 0.727. The molecular formula is C11H18N2O2S. The van der Waals surface area contributed by atoms with Crippen LogP contribution < -0.4 is 5.73 Å². The van der Waals surface area contributed by atoms with Crippen molar-refractivity contribution in [3.05, 3.63) is 0 Å². The molecule has 0 aromatic rings. The molecule has 0 saturated carbocycles. The van der Waals surface area contributed by atoms with Gasteiger partial charge in [-0.05, 0) is 12.8 Å². The van der Waals surface area contributed by atoms with Gasteiger partial charge in [-0.1, -0.05) is 26.1 Å². The highest BCUT2D eigenvalue weighted by Crippen LogP contribution is 2.39. The Hall–Kier alpha value is -0.970. The van der Waals surface area contributed by atoms with Crippen molar-refractivity contribution in [1.82, 2.24) is 4.90 Å². The summed E-state index contributed by atoms with van der Waals surface area (Å²) < 4.78 is 0. The molecule has 0 aromatic heterocycles. The maximum absolute atomic E-state index is 12.1. The van der Waals surface area contributed by atoms with Crippen LogP contribution >= 0.6 is 12.2 Å². The lowest BCUT2D eigenvalue weighted by Gasteiger charge is -2.25. The second-order valence-electron chi connectivity index (χ2n) is 4.82. The summed E-state index contributed by atoms with van der Waals surface area (Å²) in [6, 6.07) is 0. The largest absolute Gasteiger partial charge is 0.393 e. The van der Waals surface area contributed by atoms with Crippen molar-refractivity contribution in [3.8, 4) is 0 Å². The number of hydrogen-bond acceptors (Lipinski definition) is 3. The molecule has 1 aliphatic rings. The molecule has 1 fully saturated rings. The summed E-state index contributed by atoms with van der Waals surface area (Å²) >= 11 is 4.74. The van der Waals surface area contributed by atoms with Gasteiger partial charge in [-0.2, -0.15) is 0 Å². The lowest BCUT2D eigenvalue weighted by molar-refractivity contribution is -0.141. The van der Waals surface area contributed by atoms with Crippen molar-refractivity contribution in [3.63, 3.8) is 0 Å². The average molecular weight is 242 g/mol. The minimum absolute atomic E-state index is 0.0937. The van der Waals surface area contributed by atoms with E-state index in [0.29, 0.717) is 24.4 Å². The van der Waals surface area contributed by atoms with E-state index in [1.165, 1.54) is 4.90 Å². The van der Waals surface area contributed by atoms with Crippen LogP contribution in [0, 0.1) is 11.3 Å². The molecule has 0 radical (unpaired) electrons. The summed E-state index contributed by atoms with van der Waals surface area (Å²) in [5.74, 6) is -0.0556. The van der Waals surface area contributed by atoms with Crippen LogP contribution in [0.15, 0.2) is 0 Å². The number of imide groups is 1. The van der Waals surface area contributed by atoms with Crippen LogP contribution in [0.4, 0.5) is 0 Å². The SMILES string of the molecule is CC(C)C1(C)CC(=O)N(CCC(N)=S)C1=O. The Labute approximate surface area is 101 Å². The molecular weight excluding hydrogens is 224 g/mol. The third-order valence-corrected chi connectivity index (χ3v) is 3.61. The van der Waals surface area contributed by atoms with Crippen molar-refractivity contribution < 1.29 is 9.59 Å². The summed E-state index contributed by atoms with van der Waals surface area (Å²) in [4.78, 5) is 25.5. The van der Waals surface area contributed by atoms with E-state index in [9.17, 15) is 9.59 Å². The van der Waals surface area contributed by atoms with Gasteiger partial charge in [0.2, 0.25) is 11.8 Å². The van der Waals surface area contributed by atoms with Crippen molar-refractivity contribution >= 4 is 29.0 Å². The van der Waals surface area contributed by atoms with Crippen LogP contribution in [0.1, 0.15) is 33.6 Å². The maximum atomic E-state index is 12.1. The van der Waals surface area contributed by atoms with Gasteiger partial charge in [-0.3, -0.25) is 14.5 Å². The van der Waals surface area contributed by atoms with E-state index in [1.54, 1.807) is 0 Å². The highest BCUT2D eigenvalue weighted by molar-refractivity contribution is 7.80. The monoisotopic (exact) mass is 242 g/mol. The van der Waals surface area contributed by atoms with Gasteiger partial charge < -0.3 is 5.73 Å². The Bertz CT molecular complexity index is 341. The number of hydrogen-bond donors (Lipinski definition) is 1. The summed E-state index contributed by atoms with van der Waals surface area (Å²) in [5, 5.41) is 0. The first kappa shape index (κ1) is 13.1. The Morgan fingerprint density at radius 1 is 1.56 bits per heavy atom. The summed E-state index contributed by atoms with van der Waals surface area (Å²) in [6.07, 6.45) is 0.696. The first-order valence-electron chi connectivity index (χ1n) is 5.42. The van der Waals surface area contributed by atoms with Crippen LogP contribution in [0.3, 0.4) is 0 Å². The number of carbonyl (C=O) groups is 2. The Balaban J connectivity index is 2.79. The molecule has 2 amide bonds. The molecule has 0 bridgehead atoms. The zero-order valence-corrected chi connectivity index (χ0v) is 10.8. The highest BCUT2D eigenvalue weighted by Gasteiger charge is 2.49. The van der Waals surface area contributed by atoms with Crippen molar-refractivity contribution in [2.75, 3.05) is 6.54 Å². The molecule has 16 heavy (non-hydrogen) atoms. The summed E-state index contributed by atoms with van der Waals surface area (Å²) in [5.41, 5.74) is 4.81. The highest BCUT2D eigenvalue weighted by atomic mass is 32.1. The number of amides is 2. The quantitative estimate of drug-likeness (QED) is 0.592. The molecule has 1 atom stereocenters. The summed E-state index contributed by atoms with van der Waals surface area (Å²) in [7, 11) is 0. The van der Waals surface area contributed by atoms with Crippen molar-refractivity contribution in [1.29, 1.82) is 0 Å². The normalized spacial score (nSPS) is 25.6. The lowest BCUT2D eigenvalue weighted by Crippen LogP contribution is -2.38. The topological polar surface area (TPSA) is 63.4 Å². The smallest absolute Gasteiger partial charge is 0.235 e. The molecule has 5 heteroatoms. The molecule has 4 nitrogen and oxygen atoms in total. The molecule has 0 spiro atoms. The van der Waals surface area contributed by atoms with Crippen molar-refractivity contribution in [2.45, 2.75) is 33.6 Å². The Morgan fingerprint density at radius 2 is 2.12 bits per heavy atom. The second kappa shape index (κ2) is 4.49. The van der Waals surface area contributed by atoms with Crippen LogP contribution in [-0.4, -0.2) is 28.2 Å². The Morgan fingerprint density at radius 3 is 2.50 bits per heavy atom. The molecule has 1 heterocycles. The van der Waals surface area contributed by atoms with Gasteiger partial charge in [0.05, 0.1) is 10.4 Å². The lowest BCUT2D eigenvalue weighted by atomic mass is 9.78. The number of rotatable bonds is 4. The number of nitrogens with zero attached hydrogens (tertiary/aromatic N) is 1. The average Bonchev–Trinajstić information content (AvgIpc) is 2.37. The second-order valence-corrected chi connectivity index (χ2v) is 5.34. The van der Waals surface area contributed by atoms with E-state index in [4.69, 9.17) is 18.0 Å². The third kappa shape index (κ3) is 2.24. The van der Waals surface area contributed by atoms with Crippen LogP contribution in [0.5, 0.6) is 0 Å². The number of likely N-dealkylation sites (tertiary alicyclic amines) is 1. The number of carbonyl (C=O) groups excluding carboxylic acids is 2. The fourth-order valence-electron chi connectivity index (χ4n) is 1.81. The Kier molecular flexibility index (Phi) is 3.68. The van der Waals surface area contributed by atoms with Gasteiger partial charge in [-0.15, -0.1) is 0 Å². The minimum Gasteiger partial charge on any atom is -0.393 e. The fourth-order valence-corrected chi connectivity index (χ4v) is 1.90. The zero-order chi connectivity index (χ0) is 12.5. The standard InChI is InChI=1S/C11H18N2O2S/c1-7(2)11(3)6-9(14)13(10(11)15)5-4-8(12)16/h7H,4-6H2,1-3H3,(H2,12,16). The molecule has 2 N–H and O–H groups in total. The minimum atomic E-state index is -0.562. The molecule has 1 rings (SSSR count).